The number of ether oxygens (including phenoxy) is 1. The molecule has 3 aromatic carbocycles. The third-order valence-corrected chi connectivity index (χ3v) is 5.59. The molecule has 0 spiro atoms. The maximum atomic E-state index is 12.3. The molecule has 0 aliphatic heterocycles. The van der Waals surface area contributed by atoms with Crippen LogP contribution in [0.25, 0.3) is 38.4 Å². The summed E-state index contributed by atoms with van der Waals surface area (Å²) < 4.78 is 12.0. The average Bonchev–Trinajstić information content (AvgIpc) is 3.23. The van der Waals surface area contributed by atoms with Crippen molar-refractivity contribution in [3.63, 3.8) is 0 Å². The summed E-state index contributed by atoms with van der Waals surface area (Å²) in [4.78, 5) is 12.3. The molecule has 0 bridgehead atoms. The molecular formula is C28H27NO3. The Morgan fingerprint density at radius 1 is 1.16 bits per heavy atom. The fourth-order valence-electron chi connectivity index (χ4n) is 4.02. The number of nitrogens with one attached hydrogen (secondary N) is 1. The van der Waals surface area contributed by atoms with Gasteiger partial charge in [0.1, 0.15) is 11.3 Å². The first kappa shape index (κ1) is 21.4. The zero-order valence-electron chi connectivity index (χ0n) is 18.7. The molecule has 1 N–H and O–H groups in total. The van der Waals surface area contributed by atoms with E-state index < -0.39 is 0 Å². The Morgan fingerprint density at radius 2 is 1.94 bits per heavy atom. The molecule has 1 heterocycles. The molecule has 0 radical (unpaired) electrons. The van der Waals surface area contributed by atoms with Crippen molar-refractivity contribution in [3.05, 3.63) is 84.7 Å². The number of aryl methyl sites for hydroxylation is 1. The number of hydrogen-bond donors (Lipinski definition) is 1. The van der Waals surface area contributed by atoms with Crippen LogP contribution in [0.15, 0.2) is 77.9 Å². The van der Waals surface area contributed by atoms with E-state index in [0.717, 1.165) is 44.5 Å². The highest BCUT2D eigenvalue weighted by atomic mass is 16.5. The van der Waals surface area contributed by atoms with Gasteiger partial charge in [0.05, 0.1) is 12.9 Å². The van der Waals surface area contributed by atoms with Crippen molar-refractivity contribution >= 4 is 33.2 Å². The number of fused-ring (bicyclic) bond motifs is 2. The van der Waals surface area contributed by atoms with Gasteiger partial charge < -0.3 is 14.5 Å². The zero-order chi connectivity index (χ0) is 22.7. The number of rotatable bonds is 7. The van der Waals surface area contributed by atoms with Gasteiger partial charge in [0.25, 0.3) is 0 Å². The van der Waals surface area contributed by atoms with E-state index >= 15 is 0 Å². The van der Waals surface area contributed by atoms with E-state index in [-0.39, 0.29) is 5.91 Å². The van der Waals surface area contributed by atoms with Gasteiger partial charge in [0.15, 0.2) is 0 Å². The minimum atomic E-state index is -0.162. The normalized spacial score (nSPS) is 11.7. The first-order valence-corrected chi connectivity index (χ1v) is 10.8. The third kappa shape index (κ3) is 4.04. The lowest BCUT2D eigenvalue weighted by Gasteiger charge is -2.15. The first-order chi connectivity index (χ1) is 15.5. The minimum absolute atomic E-state index is 0.162. The number of hydrogen-bond acceptors (Lipinski definition) is 3. The Balaban J connectivity index is 1.88. The number of allylic oxidation sites excluding steroid dienone is 1. The van der Waals surface area contributed by atoms with Gasteiger partial charge in [-0.1, -0.05) is 42.5 Å². The van der Waals surface area contributed by atoms with E-state index in [2.05, 4.69) is 48.3 Å². The van der Waals surface area contributed by atoms with Crippen LogP contribution in [0.5, 0.6) is 5.75 Å². The van der Waals surface area contributed by atoms with E-state index in [9.17, 15) is 4.79 Å². The summed E-state index contributed by atoms with van der Waals surface area (Å²) >= 11 is 0. The second-order valence-electron chi connectivity index (χ2n) is 7.76. The molecule has 32 heavy (non-hydrogen) atoms. The standard InChI is InChI=1S/C28H27NO3/c1-5-13-29-26(30)14-18(3)23-16-24-25(17-32-28(24)19(4)27(23)31-6-2)22-12-11-20-9-7-8-10-21(20)15-22/h5,7-12,14-17H,1,6,13H2,2-4H3,(H,29,30)/b18-14+. The zero-order valence-corrected chi connectivity index (χ0v) is 18.7. The van der Waals surface area contributed by atoms with Crippen molar-refractivity contribution in [2.45, 2.75) is 20.8 Å². The van der Waals surface area contributed by atoms with Crippen LogP contribution in [0.3, 0.4) is 0 Å². The Bertz CT molecular complexity index is 1340. The van der Waals surface area contributed by atoms with Gasteiger partial charge in [-0.15, -0.1) is 6.58 Å². The van der Waals surface area contributed by atoms with E-state index in [1.54, 1.807) is 18.4 Å². The van der Waals surface area contributed by atoms with Gasteiger partial charge in [0.2, 0.25) is 5.91 Å². The van der Waals surface area contributed by atoms with Crippen molar-refractivity contribution in [1.29, 1.82) is 0 Å². The Hall–Kier alpha value is -3.79. The molecule has 0 unspecified atom stereocenters. The number of amides is 1. The van der Waals surface area contributed by atoms with Crippen molar-refractivity contribution in [2.75, 3.05) is 13.2 Å². The predicted octanol–water partition coefficient (Wildman–Crippen LogP) is 6.67. The molecule has 0 aliphatic rings. The molecular weight excluding hydrogens is 398 g/mol. The van der Waals surface area contributed by atoms with Crippen LogP contribution in [0.2, 0.25) is 0 Å². The van der Waals surface area contributed by atoms with Crippen molar-refractivity contribution in [3.8, 4) is 16.9 Å². The van der Waals surface area contributed by atoms with Gasteiger partial charge in [-0.3, -0.25) is 4.79 Å². The quantitative estimate of drug-likeness (QED) is 0.266. The van der Waals surface area contributed by atoms with Crippen molar-refractivity contribution in [1.82, 2.24) is 5.32 Å². The highest BCUT2D eigenvalue weighted by Crippen LogP contribution is 2.41. The Kier molecular flexibility index (Phi) is 6.13. The largest absolute Gasteiger partial charge is 0.493 e. The molecule has 4 nitrogen and oxygen atoms in total. The lowest BCUT2D eigenvalue weighted by atomic mass is 9.95. The minimum Gasteiger partial charge on any atom is -0.493 e. The van der Waals surface area contributed by atoms with Crippen LogP contribution < -0.4 is 10.1 Å². The van der Waals surface area contributed by atoms with E-state index in [1.807, 2.05) is 32.9 Å². The molecule has 0 fully saturated rings. The van der Waals surface area contributed by atoms with Gasteiger partial charge in [-0.05, 0) is 54.8 Å². The summed E-state index contributed by atoms with van der Waals surface area (Å²) in [5, 5.41) is 6.16. The molecule has 1 amide bonds. The molecule has 4 rings (SSSR count). The molecule has 0 saturated heterocycles. The van der Waals surface area contributed by atoms with Crippen LogP contribution in [0.4, 0.5) is 0 Å². The number of carbonyl (C=O) groups excluding carboxylic acids is 1. The lowest BCUT2D eigenvalue weighted by molar-refractivity contribution is -0.116. The monoisotopic (exact) mass is 425 g/mol. The number of carbonyl (C=O) groups is 1. The summed E-state index contributed by atoms with van der Waals surface area (Å²) in [6.45, 7) is 10.5. The van der Waals surface area contributed by atoms with Crippen molar-refractivity contribution < 1.29 is 13.9 Å². The van der Waals surface area contributed by atoms with E-state index in [1.165, 1.54) is 10.8 Å². The molecule has 0 saturated carbocycles. The SMILES string of the molecule is C=CCNC(=O)/C=C(\C)c1cc2c(-c3ccc4ccccc4c3)coc2c(C)c1OCC. The third-order valence-electron chi connectivity index (χ3n) is 5.59. The average molecular weight is 426 g/mol. The topological polar surface area (TPSA) is 51.5 Å². The summed E-state index contributed by atoms with van der Waals surface area (Å²) in [7, 11) is 0. The van der Waals surface area contributed by atoms with Crippen LogP contribution in [0.1, 0.15) is 25.0 Å². The van der Waals surface area contributed by atoms with Crippen LogP contribution in [-0.2, 0) is 4.79 Å². The lowest BCUT2D eigenvalue weighted by Crippen LogP contribution is -2.20. The molecule has 0 atom stereocenters. The van der Waals surface area contributed by atoms with Crippen LogP contribution >= 0.6 is 0 Å². The summed E-state index contributed by atoms with van der Waals surface area (Å²) in [5.41, 5.74) is 5.53. The maximum Gasteiger partial charge on any atom is 0.244 e. The van der Waals surface area contributed by atoms with Crippen LogP contribution in [0, 0.1) is 6.92 Å². The highest BCUT2D eigenvalue weighted by Gasteiger charge is 2.19. The smallest absolute Gasteiger partial charge is 0.244 e. The predicted molar refractivity (Wildman–Crippen MR) is 132 cm³/mol. The molecule has 1 aromatic heterocycles. The molecule has 4 heteroatoms. The van der Waals surface area contributed by atoms with Gasteiger partial charge in [0, 0.05) is 34.7 Å². The molecule has 162 valence electrons. The fourth-order valence-corrected chi connectivity index (χ4v) is 4.02. The summed E-state index contributed by atoms with van der Waals surface area (Å²) in [6.07, 6.45) is 5.06. The van der Waals surface area contributed by atoms with Gasteiger partial charge >= 0.3 is 0 Å². The fraction of sp³-hybridized carbons (Fsp3) is 0.179. The maximum absolute atomic E-state index is 12.3. The summed E-state index contributed by atoms with van der Waals surface area (Å²) in [5.74, 6) is 0.578. The Labute approximate surface area is 188 Å². The second-order valence-corrected chi connectivity index (χ2v) is 7.76. The highest BCUT2D eigenvalue weighted by molar-refractivity contribution is 6.02. The Morgan fingerprint density at radius 3 is 2.69 bits per heavy atom. The van der Waals surface area contributed by atoms with Crippen molar-refractivity contribution in [2.24, 2.45) is 0 Å². The molecule has 0 aliphatic carbocycles. The number of benzene rings is 3. The van der Waals surface area contributed by atoms with Crippen LogP contribution in [-0.4, -0.2) is 19.1 Å². The van der Waals surface area contributed by atoms with Gasteiger partial charge in [-0.25, -0.2) is 0 Å². The first-order valence-electron chi connectivity index (χ1n) is 10.8. The second kappa shape index (κ2) is 9.15. The molecule has 4 aromatic rings. The van der Waals surface area contributed by atoms with E-state index in [0.29, 0.717) is 13.2 Å². The number of furan rings is 1. The van der Waals surface area contributed by atoms with Gasteiger partial charge in [-0.2, -0.15) is 0 Å². The van der Waals surface area contributed by atoms with E-state index in [4.69, 9.17) is 9.15 Å². The summed E-state index contributed by atoms with van der Waals surface area (Å²) in [6, 6.07) is 16.8.